The lowest BCUT2D eigenvalue weighted by atomic mass is 9.53. The number of aromatic nitrogens is 3. The third-order valence-corrected chi connectivity index (χ3v) is 8.39. The maximum Gasteiger partial charge on any atom is 0.321 e. The van der Waals surface area contributed by atoms with E-state index in [9.17, 15) is 9.59 Å². The quantitative estimate of drug-likeness (QED) is 0.692. The molecule has 4 bridgehead atoms. The van der Waals surface area contributed by atoms with Crippen LogP contribution >= 0.6 is 11.8 Å². The summed E-state index contributed by atoms with van der Waals surface area (Å²) in [5, 5.41) is 14.8. The number of rotatable bonds is 6. The van der Waals surface area contributed by atoms with Crippen molar-refractivity contribution < 1.29 is 9.59 Å². The third kappa shape index (κ3) is 3.80. The number of carbonyl (C=O) groups is 2. The summed E-state index contributed by atoms with van der Waals surface area (Å²) in [5.41, 5.74) is -0.0863. The molecule has 3 amide bonds. The third-order valence-electron chi connectivity index (χ3n) is 7.31. The SMILES string of the molecule is CCn1c(SC(C)C(=O)NC(=O)NC23CC4CC(CC(C4)C2)C3)nnc1C1CC1. The van der Waals surface area contributed by atoms with Crippen LogP contribution in [0.25, 0.3) is 0 Å². The number of hydrogen-bond donors (Lipinski definition) is 2. The molecule has 1 unspecified atom stereocenters. The van der Waals surface area contributed by atoms with Gasteiger partial charge in [-0.05, 0) is 83.0 Å². The van der Waals surface area contributed by atoms with Crippen molar-refractivity contribution in [2.24, 2.45) is 17.8 Å². The topological polar surface area (TPSA) is 88.9 Å². The summed E-state index contributed by atoms with van der Waals surface area (Å²) in [6, 6.07) is -0.333. The largest absolute Gasteiger partial charge is 0.332 e. The van der Waals surface area contributed by atoms with Gasteiger partial charge in [-0.25, -0.2) is 4.79 Å². The fourth-order valence-electron chi connectivity index (χ4n) is 6.29. The molecular formula is C21H31N5O2S. The van der Waals surface area contributed by atoms with Crippen LogP contribution in [-0.2, 0) is 11.3 Å². The molecule has 0 spiro atoms. The molecule has 1 aromatic rings. The second-order valence-corrected chi connectivity index (χ2v) is 11.1. The van der Waals surface area contributed by atoms with Crippen molar-refractivity contribution >= 4 is 23.7 Å². The molecule has 1 atom stereocenters. The highest BCUT2D eigenvalue weighted by Gasteiger charge is 2.51. The average Bonchev–Trinajstić information content (AvgIpc) is 3.40. The van der Waals surface area contributed by atoms with Crippen LogP contribution in [0.15, 0.2) is 5.16 Å². The van der Waals surface area contributed by atoms with E-state index in [-0.39, 0.29) is 17.5 Å². The van der Waals surface area contributed by atoms with Crippen molar-refractivity contribution in [1.29, 1.82) is 0 Å². The van der Waals surface area contributed by atoms with Gasteiger partial charge in [-0.3, -0.25) is 10.1 Å². The standard InChI is InChI=1S/C21H31N5O2S/c1-3-26-17(16-4-5-16)24-25-20(26)29-12(2)18(27)22-19(28)23-21-9-13-6-14(10-21)8-15(7-13)11-21/h12-16H,3-11H2,1-2H3,(H2,22,23,27,28). The molecule has 6 rings (SSSR count). The number of urea groups is 1. The van der Waals surface area contributed by atoms with E-state index in [2.05, 4.69) is 32.3 Å². The molecule has 8 heteroatoms. The Bertz CT molecular complexity index is 783. The van der Waals surface area contributed by atoms with Crippen molar-refractivity contribution in [3.8, 4) is 0 Å². The van der Waals surface area contributed by atoms with Crippen LogP contribution in [0.5, 0.6) is 0 Å². The molecule has 5 aliphatic carbocycles. The summed E-state index contributed by atoms with van der Waals surface area (Å²) in [4.78, 5) is 25.3. The first-order chi connectivity index (χ1) is 13.9. The van der Waals surface area contributed by atoms with Gasteiger partial charge in [0.05, 0.1) is 5.25 Å². The van der Waals surface area contributed by atoms with Crippen LogP contribution in [0, 0.1) is 17.8 Å². The minimum atomic E-state index is -0.404. The van der Waals surface area contributed by atoms with Crippen LogP contribution in [0.1, 0.15) is 77.0 Å². The fourth-order valence-corrected chi connectivity index (χ4v) is 7.21. The van der Waals surface area contributed by atoms with Crippen molar-refractivity contribution in [1.82, 2.24) is 25.4 Å². The highest BCUT2D eigenvalue weighted by molar-refractivity contribution is 8.00. The molecule has 5 fully saturated rings. The number of nitrogens with one attached hydrogen (secondary N) is 2. The zero-order valence-corrected chi connectivity index (χ0v) is 18.1. The average molecular weight is 418 g/mol. The van der Waals surface area contributed by atoms with E-state index in [0.717, 1.165) is 54.5 Å². The van der Waals surface area contributed by atoms with Crippen LogP contribution in [0.3, 0.4) is 0 Å². The normalized spacial score (nSPS) is 33.5. The zero-order chi connectivity index (χ0) is 20.2. The summed E-state index contributed by atoms with van der Waals surface area (Å²) in [6.45, 7) is 4.69. The van der Waals surface area contributed by atoms with Gasteiger partial charge in [0.15, 0.2) is 5.16 Å². The Hall–Kier alpha value is -1.57. The highest BCUT2D eigenvalue weighted by Crippen LogP contribution is 2.55. The molecule has 1 heterocycles. The van der Waals surface area contributed by atoms with Crippen molar-refractivity contribution in [3.63, 3.8) is 0 Å². The van der Waals surface area contributed by atoms with Crippen LogP contribution < -0.4 is 10.6 Å². The van der Waals surface area contributed by atoms with Crippen LogP contribution in [0.2, 0.25) is 0 Å². The van der Waals surface area contributed by atoms with Gasteiger partial charge in [0, 0.05) is 18.0 Å². The van der Waals surface area contributed by atoms with Gasteiger partial charge in [0.1, 0.15) is 5.82 Å². The number of imide groups is 1. The number of thioether (sulfide) groups is 1. The van der Waals surface area contributed by atoms with E-state index in [1.165, 1.54) is 43.9 Å². The molecular weight excluding hydrogens is 386 g/mol. The first-order valence-electron chi connectivity index (χ1n) is 11.2. The molecule has 29 heavy (non-hydrogen) atoms. The molecule has 5 aliphatic rings. The van der Waals surface area contributed by atoms with Gasteiger partial charge in [0.2, 0.25) is 5.91 Å². The lowest BCUT2D eigenvalue weighted by molar-refractivity contribution is -0.119. The Labute approximate surface area is 176 Å². The van der Waals surface area contributed by atoms with Gasteiger partial charge < -0.3 is 9.88 Å². The summed E-state index contributed by atoms with van der Waals surface area (Å²) in [7, 11) is 0. The van der Waals surface area contributed by atoms with Crippen molar-refractivity contribution in [2.45, 2.75) is 93.6 Å². The fraction of sp³-hybridized carbons (Fsp3) is 0.810. The van der Waals surface area contributed by atoms with E-state index < -0.39 is 5.25 Å². The first-order valence-corrected chi connectivity index (χ1v) is 12.1. The zero-order valence-electron chi connectivity index (χ0n) is 17.3. The minimum absolute atomic E-state index is 0.0863. The van der Waals surface area contributed by atoms with E-state index in [1.807, 2.05) is 6.92 Å². The van der Waals surface area contributed by atoms with E-state index in [0.29, 0.717) is 5.92 Å². The molecule has 0 aromatic carbocycles. The van der Waals surface area contributed by atoms with Gasteiger partial charge in [-0.2, -0.15) is 0 Å². The molecule has 158 valence electrons. The maximum absolute atomic E-state index is 12.6. The van der Waals surface area contributed by atoms with Crippen molar-refractivity contribution in [3.05, 3.63) is 5.82 Å². The predicted molar refractivity (Wildman–Crippen MR) is 111 cm³/mol. The number of carbonyl (C=O) groups excluding carboxylic acids is 2. The molecule has 0 radical (unpaired) electrons. The number of hydrogen-bond acceptors (Lipinski definition) is 5. The van der Waals surface area contributed by atoms with E-state index in [4.69, 9.17) is 0 Å². The number of amides is 3. The van der Waals surface area contributed by atoms with Gasteiger partial charge in [-0.1, -0.05) is 11.8 Å². The van der Waals surface area contributed by atoms with Crippen LogP contribution in [0.4, 0.5) is 4.79 Å². The second-order valence-electron chi connectivity index (χ2n) is 9.76. The maximum atomic E-state index is 12.6. The molecule has 0 aliphatic heterocycles. The summed E-state index contributed by atoms with van der Waals surface area (Å²) in [5.74, 6) is 3.55. The lowest BCUT2D eigenvalue weighted by Gasteiger charge is -2.56. The highest BCUT2D eigenvalue weighted by atomic mass is 32.2. The molecule has 2 N–H and O–H groups in total. The molecule has 1 aromatic heterocycles. The van der Waals surface area contributed by atoms with Crippen molar-refractivity contribution in [2.75, 3.05) is 0 Å². The number of nitrogens with zero attached hydrogens (tertiary/aromatic N) is 3. The Morgan fingerprint density at radius 3 is 2.31 bits per heavy atom. The van der Waals surface area contributed by atoms with Crippen LogP contribution in [-0.4, -0.2) is 37.5 Å². The summed E-state index contributed by atoms with van der Waals surface area (Å²) >= 11 is 1.38. The monoisotopic (exact) mass is 417 g/mol. The molecule has 0 saturated heterocycles. The smallest absolute Gasteiger partial charge is 0.321 e. The molecule has 5 saturated carbocycles. The molecule has 7 nitrogen and oxygen atoms in total. The van der Waals surface area contributed by atoms with Gasteiger partial charge in [0.25, 0.3) is 0 Å². The van der Waals surface area contributed by atoms with E-state index in [1.54, 1.807) is 0 Å². The lowest BCUT2D eigenvalue weighted by Crippen LogP contribution is -2.62. The Morgan fingerprint density at radius 2 is 1.76 bits per heavy atom. The summed E-state index contributed by atoms with van der Waals surface area (Å²) < 4.78 is 2.10. The minimum Gasteiger partial charge on any atom is -0.332 e. The van der Waals surface area contributed by atoms with E-state index >= 15 is 0 Å². The van der Waals surface area contributed by atoms with Gasteiger partial charge in [-0.15, -0.1) is 10.2 Å². The first kappa shape index (κ1) is 19.4. The Morgan fingerprint density at radius 1 is 1.14 bits per heavy atom. The van der Waals surface area contributed by atoms with Gasteiger partial charge >= 0.3 is 6.03 Å². The Balaban J connectivity index is 1.18. The predicted octanol–water partition coefficient (Wildman–Crippen LogP) is 3.45. The second kappa shape index (κ2) is 7.29. The summed E-state index contributed by atoms with van der Waals surface area (Å²) in [6.07, 6.45) is 9.56. The Kier molecular flexibility index (Phi) is 4.87.